The molecular formula is C11H5Cl4N. The summed E-state index contributed by atoms with van der Waals surface area (Å²) in [6.45, 7) is 0. The van der Waals surface area contributed by atoms with Crippen molar-refractivity contribution < 1.29 is 0 Å². The minimum atomic E-state index is 0.429. The molecule has 16 heavy (non-hydrogen) atoms. The molecule has 2 aromatic rings. The summed E-state index contributed by atoms with van der Waals surface area (Å²) in [5.41, 5.74) is 1.15. The topological polar surface area (TPSA) is 12.9 Å². The van der Waals surface area contributed by atoms with E-state index in [9.17, 15) is 0 Å². The Morgan fingerprint density at radius 1 is 0.875 bits per heavy atom. The lowest BCUT2D eigenvalue weighted by atomic mass is 10.1. The van der Waals surface area contributed by atoms with Gasteiger partial charge in [-0.05, 0) is 24.3 Å². The summed E-state index contributed by atoms with van der Waals surface area (Å²) in [4.78, 5) is 4.16. The zero-order valence-electron chi connectivity index (χ0n) is 7.85. The van der Waals surface area contributed by atoms with Gasteiger partial charge >= 0.3 is 0 Å². The fraction of sp³-hybridized carbons (Fsp3) is 0. The van der Waals surface area contributed by atoms with Gasteiger partial charge in [-0.2, -0.15) is 0 Å². The third kappa shape index (κ3) is 2.28. The van der Waals surface area contributed by atoms with Crippen molar-refractivity contribution in [3.8, 4) is 11.3 Å². The lowest BCUT2D eigenvalue weighted by Crippen LogP contribution is -1.87. The Balaban J connectivity index is 2.70. The highest BCUT2D eigenvalue weighted by Crippen LogP contribution is 2.38. The van der Waals surface area contributed by atoms with E-state index in [0.717, 1.165) is 0 Å². The Bertz CT molecular complexity index is 516. The Morgan fingerprint density at radius 2 is 1.50 bits per heavy atom. The lowest BCUT2D eigenvalue weighted by Gasteiger charge is -2.08. The highest BCUT2D eigenvalue weighted by molar-refractivity contribution is 6.42. The third-order valence-corrected chi connectivity index (χ3v) is 3.12. The summed E-state index contributed by atoms with van der Waals surface area (Å²) in [5, 5.41) is 1.83. The van der Waals surface area contributed by atoms with E-state index in [1.165, 1.54) is 0 Å². The normalized spacial score (nSPS) is 10.5. The number of pyridine rings is 1. The second-order valence-corrected chi connectivity index (χ2v) is 4.74. The van der Waals surface area contributed by atoms with Gasteiger partial charge in [-0.25, -0.2) is 0 Å². The standard InChI is InChI=1S/C11H5Cl4N/c12-6-4-8(14)10(9(15)5-6)11-7(13)2-1-3-16-11/h1-5H. The van der Waals surface area contributed by atoms with Gasteiger partial charge in [-0.3, -0.25) is 4.98 Å². The zero-order valence-corrected chi connectivity index (χ0v) is 10.9. The van der Waals surface area contributed by atoms with Gasteiger partial charge in [0.25, 0.3) is 0 Å². The fourth-order valence-electron chi connectivity index (χ4n) is 1.34. The van der Waals surface area contributed by atoms with E-state index in [0.29, 0.717) is 31.3 Å². The first-order valence-electron chi connectivity index (χ1n) is 4.35. The number of hydrogen-bond acceptors (Lipinski definition) is 1. The van der Waals surface area contributed by atoms with Gasteiger partial charge < -0.3 is 0 Å². The van der Waals surface area contributed by atoms with E-state index >= 15 is 0 Å². The molecule has 1 nitrogen and oxygen atoms in total. The van der Waals surface area contributed by atoms with Gasteiger partial charge in [0.05, 0.1) is 20.8 Å². The average Bonchev–Trinajstić information content (AvgIpc) is 2.19. The molecule has 1 aromatic carbocycles. The molecule has 0 aliphatic carbocycles. The van der Waals surface area contributed by atoms with Crippen LogP contribution in [0.1, 0.15) is 0 Å². The average molecular weight is 293 g/mol. The van der Waals surface area contributed by atoms with E-state index < -0.39 is 0 Å². The number of hydrogen-bond donors (Lipinski definition) is 0. The molecule has 1 heterocycles. The molecule has 82 valence electrons. The summed E-state index contributed by atoms with van der Waals surface area (Å²) in [7, 11) is 0. The number of benzene rings is 1. The van der Waals surface area contributed by atoms with Crippen molar-refractivity contribution in [2.45, 2.75) is 0 Å². The molecule has 1 aromatic heterocycles. The Labute approximate surface area is 113 Å². The first kappa shape index (κ1) is 12.0. The highest BCUT2D eigenvalue weighted by Gasteiger charge is 2.13. The molecule has 5 heteroatoms. The Kier molecular flexibility index (Phi) is 3.60. The third-order valence-electron chi connectivity index (χ3n) is 2.00. The van der Waals surface area contributed by atoms with Gasteiger partial charge in [0, 0.05) is 16.8 Å². The van der Waals surface area contributed by atoms with Gasteiger partial charge in [-0.15, -0.1) is 0 Å². The summed E-state index contributed by atoms with van der Waals surface area (Å²) >= 11 is 24.0. The van der Waals surface area contributed by atoms with Gasteiger partial charge in [0.15, 0.2) is 0 Å². The second kappa shape index (κ2) is 4.80. The molecule has 2 rings (SSSR count). The van der Waals surface area contributed by atoms with Crippen LogP contribution in [0.25, 0.3) is 11.3 Å². The van der Waals surface area contributed by atoms with Crippen LogP contribution >= 0.6 is 46.4 Å². The molecular weight excluding hydrogens is 288 g/mol. The number of aromatic nitrogens is 1. The fourth-order valence-corrected chi connectivity index (χ4v) is 2.55. The van der Waals surface area contributed by atoms with Crippen LogP contribution in [0.15, 0.2) is 30.5 Å². The Morgan fingerprint density at radius 3 is 2.06 bits per heavy atom. The first-order chi connectivity index (χ1) is 7.59. The van der Waals surface area contributed by atoms with Gasteiger partial charge in [0.2, 0.25) is 0 Å². The minimum Gasteiger partial charge on any atom is -0.255 e. The molecule has 0 fully saturated rings. The molecule has 0 bridgehead atoms. The van der Waals surface area contributed by atoms with Crippen LogP contribution in [0.2, 0.25) is 20.1 Å². The Hall–Kier alpha value is -0.470. The van der Waals surface area contributed by atoms with E-state index in [4.69, 9.17) is 46.4 Å². The molecule has 0 amide bonds. The first-order valence-corrected chi connectivity index (χ1v) is 5.86. The van der Waals surface area contributed by atoms with Crippen molar-refractivity contribution in [2.75, 3.05) is 0 Å². The maximum absolute atomic E-state index is 6.07. The molecule has 0 N–H and O–H groups in total. The molecule has 0 atom stereocenters. The monoisotopic (exact) mass is 291 g/mol. The van der Waals surface area contributed by atoms with Crippen molar-refractivity contribution in [2.24, 2.45) is 0 Å². The van der Waals surface area contributed by atoms with Crippen molar-refractivity contribution in [3.63, 3.8) is 0 Å². The smallest absolute Gasteiger partial charge is 0.0918 e. The molecule has 0 aliphatic heterocycles. The highest BCUT2D eigenvalue weighted by atomic mass is 35.5. The summed E-state index contributed by atoms with van der Waals surface area (Å²) in [5.74, 6) is 0. The molecule has 0 unspecified atom stereocenters. The van der Waals surface area contributed by atoms with E-state index in [-0.39, 0.29) is 0 Å². The van der Waals surface area contributed by atoms with E-state index in [2.05, 4.69) is 4.98 Å². The molecule has 0 radical (unpaired) electrons. The minimum absolute atomic E-state index is 0.429. The van der Waals surface area contributed by atoms with Crippen LogP contribution in [0.5, 0.6) is 0 Å². The maximum Gasteiger partial charge on any atom is 0.0918 e. The number of halogens is 4. The van der Waals surface area contributed by atoms with Crippen LogP contribution in [-0.2, 0) is 0 Å². The van der Waals surface area contributed by atoms with Gasteiger partial charge in [0.1, 0.15) is 0 Å². The van der Waals surface area contributed by atoms with Crippen LogP contribution in [-0.4, -0.2) is 4.98 Å². The van der Waals surface area contributed by atoms with Crippen LogP contribution < -0.4 is 0 Å². The summed E-state index contributed by atoms with van der Waals surface area (Å²) < 4.78 is 0. The predicted molar refractivity (Wildman–Crippen MR) is 69.7 cm³/mol. The molecule has 0 spiro atoms. The lowest BCUT2D eigenvalue weighted by molar-refractivity contribution is 1.33. The predicted octanol–water partition coefficient (Wildman–Crippen LogP) is 5.36. The maximum atomic E-state index is 6.07. The van der Waals surface area contributed by atoms with E-state index in [1.807, 2.05) is 0 Å². The summed E-state index contributed by atoms with van der Waals surface area (Å²) in [6, 6.07) is 6.68. The van der Waals surface area contributed by atoms with Crippen LogP contribution in [0.3, 0.4) is 0 Å². The van der Waals surface area contributed by atoms with Crippen molar-refractivity contribution in [3.05, 3.63) is 50.6 Å². The van der Waals surface area contributed by atoms with E-state index in [1.54, 1.807) is 30.5 Å². The number of nitrogens with zero attached hydrogens (tertiary/aromatic N) is 1. The molecule has 0 aliphatic rings. The quantitative estimate of drug-likeness (QED) is 0.689. The van der Waals surface area contributed by atoms with Crippen molar-refractivity contribution in [1.29, 1.82) is 0 Å². The van der Waals surface area contributed by atoms with Crippen LogP contribution in [0, 0.1) is 0 Å². The second-order valence-electron chi connectivity index (χ2n) is 3.08. The van der Waals surface area contributed by atoms with Crippen molar-refractivity contribution in [1.82, 2.24) is 4.98 Å². The summed E-state index contributed by atoms with van der Waals surface area (Å²) in [6.07, 6.45) is 1.63. The SMILES string of the molecule is Clc1cc(Cl)c(-c2ncccc2Cl)c(Cl)c1. The number of rotatable bonds is 1. The zero-order chi connectivity index (χ0) is 11.7. The van der Waals surface area contributed by atoms with Crippen LogP contribution in [0.4, 0.5) is 0 Å². The molecule has 0 saturated carbocycles. The molecule has 0 saturated heterocycles. The van der Waals surface area contributed by atoms with Gasteiger partial charge in [-0.1, -0.05) is 46.4 Å². The largest absolute Gasteiger partial charge is 0.255 e. The van der Waals surface area contributed by atoms with Crippen molar-refractivity contribution >= 4 is 46.4 Å².